The zero-order chi connectivity index (χ0) is 22.2. The van der Waals surface area contributed by atoms with Crippen LogP contribution in [-0.4, -0.2) is 57.7 Å². The summed E-state index contributed by atoms with van der Waals surface area (Å²) in [5.41, 5.74) is -1.79. The Morgan fingerprint density at radius 1 is 1.06 bits per heavy atom. The van der Waals surface area contributed by atoms with Crippen molar-refractivity contribution in [2.75, 3.05) is 26.2 Å². The molecule has 9 heteroatoms. The van der Waals surface area contributed by atoms with Gasteiger partial charge in [-0.05, 0) is 57.8 Å². The highest BCUT2D eigenvalue weighted by molar-refractivity contribution is 5.92. The lowest BCUT2D eigenvalue weighted by atomic mass is 10.0. The van der Waals surface area contributed by atoms with Crippen LogP contribution in [0.2, 0.25) is 0 Å². The largest absolute Gasteiger partial charge is 0.418 e. The third-order valence-electron chi connectivity index (χ3n) is 6.16. The van der Waals surface area contributed by atoms with E-state index in [4.69, 9.17) is 0 Å². The van der Waals surface area contributed by atoms with Crippen LogP contribution in [0.1, 0.15) is 47.4 Å². The molecule has 31 heavy (non-hydrogen) atoms. The second-order valence-electron chi connectivity index (χ2n) is 8.19. The summed E-state index contributed by atoms with van der Waals surface area (Å²) in [6.45, 7) is 4.68. The molecule has 1 aromatic heterocycles. The van der Waals surface area contributed by atoms with Crippen molar-refractivity contribution >= 4 is 5.91 Å². The number of hydrogen-bond donors (Lipinski definition) is 0. The minimum Gasteiger partial charge on any atom is -0.337 e. The Bertz CT molecular complexity index is 1020. The Hall–Kier alpha value is -2.68. The summed E-state index contributed by atoms with van der Waals surface area (Å²) < 4.78 is 41.5. The van der Waals surface area contributed by atoms with Gasteiger partial charge in [0.15, 0.2) is 5.69 Å². The quantitative estimate of drug-likeness (QED) is 0.744. The minimum atomic E-state index is -4.59. The Labute approximate surface area is 178 Å². The van der Waals surface area contributed by atoms with Crippen molar-refractivity contribution in [3.05, 3.63) is 57.5 Å². The third-order valence-corrected chi connectivity index (χ3v) is 6.16. The van der Waals surface area contributed by atoms with Gasteiger partial charge in [0.25, 0.3) is 5.91 Å². The van der Waals surface area contributed by atoms with Crippen LogP contribution in [0.25, 0.3) is 5.69 Å². The van der Waals surface area contributed by atoms with Crippen molar-refractivity contribution in [1.82, 2.24) is 19.6 Å². The standard InChI is InChI=1S/C22H25F3N4O2/c1-15-14-19(30)20(26-29(15)18-7-3-2-6-17(18)22(23,24)25)21(31)28-12-8-16(9-13-28)27-10-4-5-11-27/h2-3,6-7,14,16H,4-5,8-13H2,1H3. The molecule has 2 saturated heterocycles. The smallest absolute Gasteiger partial charge is 0.337 e. The van der Waals surface area contributed by atoms with Crippen molar-refractivity contribution in [2.45, 2.75) is 44.8 Å². The van der Waals surface area contributed by atoms with E-state index in [0.717, 1.165) is 36.7 Å². The molecular formula is C22H25F3N4O2. The van der Waals surface area contributed by atoms with Gasteiger partial charge in [0, 0.05) is 30.9 Å². The molecule has 0 radical (unpaired) electrons. The van der Waals surface area contributed by atoms with Gasteiger partial charge in [-0.2, -0.15) is 18.3 Å². The number of alkyl halides is 3. The molecule has 1 aromatic carbocycles. The van der Waals surface area contributed by atoms with Gasteiger partial charge in [-0.1, -0.05) is 12.1 Å². The molecule has 0 atom stereocenters. The molecule has 0 aliphatic carbocycles. The maximum absolute atomic E-state index is 13.5. The van der Waals surface area contributed by atoms with Gasteiger partial charge in [-0.3, -0.25) is 9.59 Å². The molecule has 0 bridgehead atoms. The number of likely N-dealkylation sites (tertiary alicyclic amines) is 2. The fourth-order valence-electron chi connectivity index (χ4n) is 4.53. The van der Waals surface area contributed by atoms with Gasteiger partial charge in [-0.25, -0.2) is 4.68 Å². The zero-order valence-electron chi connectivity index (χ0n) is 17.4. The maximum Gasteiger partial charge on any atom is 0.418 e. The summed E-state index contributed by atoms with van der Waals surface area (Å²) in [5.74, 6) is -0.525. The molecule has 6 nitrogen and oxygen atoms in total. The second kappa shape index (κ2) is 8.45. The van der Waals surface area contributed by atoms with Crippen LogP contribution >= 0.6 is 0 Å². The topological polar surface area (TPSA) is 58.4 Å². The van der Waals surface area contributed by atoms with Gasteiger partial charge >= 0.3 is 6.18 Å². The number of carbonyl (C=O) groups excluding carboxylic acids is 1. The highest BCUT2D eigenvalue weighted by Gasteiger charge is 2.35. The molecule has 0 saturated carbocycles. The summed E-state index contributed by atoms with van der Waals surface area (Å²) in [6, 6.07) is 6.61. The summed E-state index contributed by atoms with van der Waals surface area (Å²) >= 11 is 0. The van der Waals surface area contributed by atoms with Gasteiger partial charge in [0.2, 0.25) is 5.43 Å². The van der Waals surface area contributed by atoms with Crippen molar-refractivity contribution in [1.29, 1.82) is 0 Å². The van der Waals surface area contributed by atoms with E-state index in [1.54, 1.807) is 4.90 Å². The summed E-state index contributed by atoms with van der Waals surface area (Å²) in [5, 5.41) is 4.09. The van der Waals surface area contributed by atoms with Crippen LogP contribution < -0.4 is 5.43 Å². The Kier molecular flexibility index (Phi) is 5.88. The predicted molar refractivity (Wildman–Crippen MR) is 109 cm³/mol. The van der Waals surface area contributed by atoms with E-state index in [1.807, 2.05) is 0 Å². The van der Waals surface area contributed by atoms with E-state index in [1.165, 1.54) is 44.0 Å². The maximum atomic E-state index is 13.5. The monoisotopic (exact) mass is 434 g/mol. The van der Waals surface area contributed by atoms with Gasteiger partial charge in [0.05, 0.1) is 11.3 Å². The van der Waals surface area contributed by atoms with Crippen molar-refractivity contribution in [3.63, 3.8) is 0 Å². The fourth-order valence-corrected chi connectivity index (χ4v) is 4.53. The van der Waals surface area contributed by atoms with E-state index in [2.05, 4.69) is 10.00 Å². The number of rotatable bonds is 3. The predicted octanol–water partition coefficient (Wildman–Crippen LogP) is 3.26. The Morgan fingerprint density at radius 3 is 2.35 bits per heavy atom. The first-order valence-electron chi connectivity index (χ1n) is 10.6. The van der Waals surface area contributed by atoms with Gasteiger partial charge < -0.3 is 9.80 Å². The molecule has 3 heterocycles. The first-order chi connectivity index (χ1) is 14.8. The molecule has 2 aromatic rings. The molecule has 4 rings (SSSR count). The molecule has 0 spiro atoms. The molecule has 2 aliphatic rings. The minimum absolute atomic E-state index is 0.214. The van der Waals surface area contributed by atoms with Gasteiger partial charge in [0.1, 0.15) is 0 Å². The second-order valence-corrected chi connectivity index (χ2v) is 8.19. The number of hydrogen-bond acceptors (Lipinski definition) is 4. The van der Waals surface area contributed by atoms with Crippen LogP contribution in [0.5, 0.6) is 0 Å². The molecule has 1 amide bonds. The lowest BCUT2D eigenvalue weighted by molar-refractivity contribution is -0.137. The first kappa shape index (κ1) is 21.5. The van der Waals surface area contributed by atoms with Crippen LogP contribution in [0.15, 0.2) is 35.1 Å². The number of aromatic nitrogens is 2. The van der Waals surface area contributed by atoms with Crippen LogP contribution in [0.4, 0.5) is 13.2 Å². The van der Waals surface area contributed by atoms with Crippen molar-refractivity contribution in [2.24, 2.45) is 0 Å². The number of benzene rings is 1. The molecule has 2 fully saturated rings. The third kappa shape index (κ3) is 4.37. The van der Waals surface area contributed by atoms with Crippen molar-refractivity contribution < 1.29 is 18.0 Å². The number of para-hydroxylation sites is 1. The first-order valence-corrected chi connectivity index (χ1v) is 10.6. The molecule has 2 aliphatic heterocycles. The number of aryl methyl sites for hydroxylation is 1. The number of carbonyl (C=O) groups is 1. The summed E-state index contributed by atoms with van der Waals surface area (Å²) in [7, 11) is 0. The highest BCUT2D eigenvalue weighted by Crippen LogP contribution is 2.33. The summed E-state index contributed by atoms with van der Waals surface area (Å²) in [4.78, 5) is 29.6. The van der Waals surface area contributed by atoms with Crippen LogP contribution in [-0.2, 0) is 6.18 Å². The zero-order valence-corrected chi connectivity index (χ0v) is 17.4. The fraction of sp³-hybridized carbons (Fsp3) is 0.500. The number of nitrogens with zero attached hydrogens (tertiary/aromatic N) is 4. The Morgan fingerprint density at radius 2 is 1.71 bits per heavy atom. The molecule has 166 valence electrons. The number of piperidine rings is 1. The normalized spacial score (nSPS) is 18.5. The van der Waals surface area contributed by atoms with E-state index in [9.17, 15) is 22.8 Å². The van der Waals surface area contributed by atoms with E-state index in [0.29, 0.717) is 19.1 Å². The van der Waals surface area contributed by atoms with Gasteiger partial charge in [-0.15, -0.1) is 0 Å². The summed E-state index contributed by atoms with van der Waals surface area (Å²) in [6.07, 6.45) is -0.544. The number of halogens is 3. The Balaban J connectivity index is 1.61. The lowest BCUT2D eigenvalue weighted by Crippen LogP contribution is -2.47. The molecule has 0 N–H and O–H groups in total. The van der Waals surface area contributed by atoms with Crippen molar-refractivity contribution in [3.8, 4) is 5.69 Å². The lowest BCUT2D eigenvalue weighted by Gasteiger charge is -2.36. The average molecular weight is 434 g/mol. The van der Waals surface area contributed by atoms with Crippen LogP contribution in [0, 0.1) is 6.92 Å². The van der Waals surface area contributed by atoms with E-state index >= 15 is 0 Å². The molecular weight excluding hydrogens is 409 g/mol. The van der Waals surface area contributed by atoms with E-state index in [-0.39, 0.29) is 17.1 Å². The van der Waals surface area contributed by atoms with E-state index < -0.39 is 23.1 Å². The average Bonchev–Trinajstić information content (AvgIpc) is 3.28. The molecule has 0 unspecified atom stereocenters. The highest BCUT2D eigenvalue weighted by atomic mass is 19.4. The SMILES string of the molecule is Cc1cc(=O)c(C(=O)N2CCC(N3CCCC3)CC2)nn1-c1ccccc1C(F)(F)F. The van der Waals surface area contributed by atoms with Crippen LogP contribution in [0.3, 0.4) is 0 Å². The number of amides is 1.